The van der Waals surface area contributed by atoms with E-state index in [2.05, 4.69) is 6.58 Å². The summed E-state index contributed by atoms with van der Waals surface area (Å²) in [5, 5.41) is 43.5. The van der Waals surface area contributed by atoms with Gasteiger partial charge >= 0.3 is 0 Å². The standard InChI is InChI=1S/C28H32O6/c1-8-28(6,7)18-13-19(29)27-21(24(18)32)25(33)20-16(11-9-14(2)3)22(30)23(31)17(26(20)34-27)12-10-15(4)5/h8-10,13,29-32H,1,11-12H2,2-7H3. The summed E-state index contributed by atoms with van der Waals surface area (Å²) in [7, 11) is 0. The Kier molecular flexibility index (Phi) is 6.56. The minimum absolute atomic E-state index is 0.0562. The molecule has 34 heavy (non-hydrogen) atoms. The van der Waals surface area contributed by atoms with Crippen LogP contribution in [-0.2, 0) is 18.3 Å². The maximum atomic E-state index is 13.9. The van der Waals surface area contributed by atoms with Crippen molar-refractivity contribution in [3.8, 4) is 23.0 Å². The smallest absolute Gasteiger partial charge is 0.204 e. The number of aromatic hydroxyl groups is 4. The van der Waals surface area contributed by atoms with Crippen LogP contribution in [0, 0.1) is 0 Å². The zero-order valence-electron chi connectivity index (χ0n) is 20.5. The molecule has 180 valence electrons. The predicted molar refractivity (Wildman–Crippen MR) is 136 cm³/mol. The number of allylic oxidation sites excluding steroid dienone is 5. The van der Waals surface area contributed by atoms with Gasteiger partial charge in [0.05, 0.1) is 5.39 Å². The van der Waals surface area contributed by atoms with E-state index in [9.17, 15) is 25.2 Å². The molecule has 3 rings (SSSR count). The molecule has 4 N–H and O–H groups in total. The van der Waals surface area contributed by atoms with Crippen molar-refractivity contribution < 1.29 is 24.8 Å². The van der Waals surface area contributed by atoms with Gasteiger partial charge in [-0.3, -0.25) is 4.79 Å². The second-order valence-corrected chi connectivity index (χ2v) is 9.68. The Morgan fingerprint density at radius 1 is 0.882 bits per heavy atom. The summed E-state index contributed by atoms with van der Waals surface area (Å²) in [6, 6.07) is 1.36. The molecule has 0 fully saturated rings. The van der Waals surface area contributed by atoms with Gasteiger partial charge in [0, 0.05) is 22.1 Å². The Balaban J connectivity index is 2.62. The van der Waals surface area contributed by atoms with Crippen LogP contribution in [0.2, 0.25) is 0 Å². The first-order valence-corrected chi connectivity index (χ1v) is 11.1. The third-order valence-corrected chi connectivity index (χ3v) is 6.12. The van der Waals surface area contributed by atoms with Crippen molar-refractivity contribution in [2.75, 3.05) is 0 Å². The van der Waals surface area contributed by atoms with Gasteiger partial charge in [0.1, 0.15) is 16.7 Å². The zero-order chi connectivity index (χ0) is 25.5. The van der Waals surface area contributed by atoms with Crippen LogP contribution in [0.4, 0.5) is 0 Å². The molecule has 6 nitrogen and oxygen atoms in total. The van der Waals surface area contributed by atoms with E-state index < -0.39 is 16.6 Å². The number of rotatable bonds is 6. The molecule has 0 aliphatic rings. The topological polar surface area (TPSA) is 111 Å². The monoisotopic (exact) mass is 464 g/mol. The summed E-state index contributed by atoms with van der Waals surface area (Å²) in [6.07, 6.45) is 5.63. The molecule has 0 spiro atoms. The lowest BCUT2D eigenvalue weighted by molar-refractivity contribution is 0.396. The molecule has 0 amide bonds. The van der Waals surface area contributed by atoms with Gasteiger partial charge in [0.25, 0.3) is 0 Å². The van der Waals surface area contributed by atoms with E-state index in [4.69, 9.17) is 4.42 Å². The van der Waals surface area contributed by atoms with Crippen LogP contribution in [0.3, 0.4) is 0 Å². The van der Waals surface area contributed by atoms with Crippen LogP contribution < -0.4 is 5.43 Å². The normalized spacial score (nSPS) is 11.6. The Morgan fingerprint density at radius 2 is 1.41 bits per heavy atom. The predicted octanol–water partition coefficient (Wildman–Crippen LogP) is 6.25. The van der Waals surface area contributed by atoms with Crippen molar-refractivity contribution in [3.05, 3.63) is 68.9 Å². The number of phenolic OH excluding ortho intramolecular Hbond substituents is 4. The summed E-state index contributed by atoms with van der Waals surface area (Å²) < 4.78 is 6.03. The van der Waals surface area contributed by atoms with Gasteiger partial charge in [-0.15, -0.1) is 6.58 Å². The summed E-state index contributed by atoms with van der Waals surface area (Å²) in [6.45, 7) is 14.9. The van der Waals surface area contributed by atoms with Gasteiger partial charge in [-0.05, 0) is 46.6 Å². The Morgan fingerprint density at radius 3 is 1.94 bits per heavy atom. The lowest BCUT2D eigenvalue weighted by atomic mass is 9.83. The number of hydrogen-bond acceptors (Lipinski definition) is 6. The largest absolute Gasteiger partial charge is 0.507 e. The first-order chi connectivity index (χ1) is 15.8. The Labute approximate surface area is 198 Å². The molecule has 0 aliphatic carbocycles. The lowest BCUT2D eigenvalue weighted by Gasteiger charge is -2.23. The van der Waals surface area contributed by atoms with E-state index in [1.54, 1.807) is 19.9 Å². The highest BCUT2D eigenvalue weighted by atomic mass is 16.4. The molecule has 0 unspecified atom stereocenters. The average Bonchev–Trinajstić information content (AvgIpc) is 2.75. The van der Waals surface area contributed by atoms with E-state index in [0.717, 1.165) is 11.1 Å². The molecular formula is C28H32O6. The van der Waals surface area contributed by atoms with Crippen LogP contribution in [0.25, 0.3) is 21.9 Å². The fourth-order valence-corrected chi connectivity index (χ4v) is 3.94. The average molecular weight is 465 g/mol. The number of hydrogen-bond donors (Lipinski definition) is 4. The van der Waals surface area contributed by atoms with Crippen LogP contribution in [0.5, 0.6) is 23.0 Å². The summed E-state index contributed by atoms with van der Waals surface area (Å²) in [5.74, 6) is -1.42. The van der Waals surface area contributed by atoms with Crippen molar-refractivity contribution in [3.63, 3.8) is 0 Å². The van der Waals surface area contributed by atoms with E-state index in [-0.39, 0.29) is 63.2 Å². The number of phenols is 4. The molecule has 1 aromatic heterocycles. The zero-order valence-corrected chi connectivity index (χ0v) is 20.5. The van der Waals surface area contributed by atoms with Crippen molar-refractivity contribution >= 4 is 21.9 Å². The van der Waals surface area contributed by atoms with Gasteiger partial charge < -0.3 is 24.8 Å². The fraction of sp³-hybridized carbons (Fsp3) is 0.321. The van der Waals surface area contributed by atoms with Crippen LogP contribution >= 0.6 is 0 Å². The molecular weight excluding hydrogens is 432 g/mol. The maximum absolute atomic E-state index is 13.9. The highest BCUT2D eigenvalue weighted by Crippen LogP contribution is 2.45. The molecule has 0 aliphatic heterocycles. The summed E-state index contributed by atoms with van der Waals surface area (Å²) in [4.78, 5) is 13.9. The first-order valence-electron chi connectivity index (χ1n) is 11.1. The quantitative estimate of drug-likeness (QED) is 0.148. The minimum Gasteiger partial charge on any atom is -0.507 e. The van der Waals surface area contributed by atoms with Crippen molar-refractivity contribution in [1.29, 1.82) is 0 Å². The van der Waals surface area contributed by atoms with E-state index in [1.807, 2.05) is 39.8 Å². The summed E-state index contributed by atoms with van der Waals surface area (Å²) >= 11 is 0. The third-order valence-electron chi connectivity index (χ3n) is 6.12. The fourth-order valence-electron chi connectivity index (χ4n) is 3.94. The van der Waals surface area contributed by atoms with Gasteiger partial charge in [-0.1, -0.05) is 43.2 Å². The lowest BCUT2D eigenvalue weighted by Crippen LogP contribution is -2.15. The van der Waals surface area contributed by atoms with Gasteiger partial charge in [-0.25, -0.2) is 0 Å². The third kappa shape index (κ3) is 4.16. The SMILES string of the molecule is C=CC(C)(C)c1cc(O)c2oc3c(CC=C(C)C)c(O)c(O)c(CC=C(C)C)c3c(=O)c2c1O. The minimum atomic E-state index is -0.742. The molecule has 0 radical (unpaired) electrons. The van der Waals surface area contributed by atoms with Gasteiger partial charge in [0.15, 0.2) is 22.8 Å². The molecule has 1 heterocycles. The molecule has 0 bridgehead atoms. The molecule has 2 aromatic carbocycles. The highest BCUT2D eigenvalue weighted by Gasteiger charge is 2.29. The van der Waals surface area contributed by atoms with Crippen molar-refractivity contribution in [2.24, 2.45) is 0 Å². The Hall–Kier alpha value is -3.67. The molecule has 6 heteroatoms. The van der Waals surface area contributed by atoms with Crippen LogP contribution in [0.15, 0.2) is 51.2 Å². The maximum Gasteiger partial charge on any atom is 0.204 e. The molecule has 0 saturated carbocycles. The summed E-state index contributed by atoms with van der Waals surface area (Å²) in [5.41, 5.74) is 1.20. The molecule has 0 atom stereocenters. The Bertz CT molecular complexity index is 1430. The van der Waals surface area contributed by atoms with Crippen LogP contribution in [-0.4, -0.2) is 20.4 Å². The number of benzene rings is 2. The van der Waals surface area contributed by atoms with Crippen molar-refractivity contribution in [2.45, 2.75) is 59.8 Å². The number of fused-ring (bicyclic) bond motifs is 2. The second kappa shape index (κ2) is 8.93. The molecule has 0 saturated heterocycles. The first kappa shape index (κ1) is 25.0. The van der Waals surface area contributed by atoms with Gasteiger partial charge in [-0.2, -0.15) is 0 Å². The van der Waals surface area contributed by atoms with Gasteiger partial charge in [0.2, 0.25) is 5.43 Å². The van der Waals surface area contributed by atoms with E-state index in [0.29, 0.717) is 5.56 Å². The van der Waals surface area contributed by atoms with E-state index >= 15 is 0 Å². The van der Waals surface area contributed by atoms with E-state index in [1.165, 1.54) is 6.07 Å². The van der Waals surface area contributed by atoms with Crippen LogP contribution in [0.1, 0.15) is 58.2 Å². The molecule has 3 aromatic rings. The highest BCUT2D eigenvalue weighted by molar-refractivity contribution is 6.00. The van der Waals surface area contributed by atoms with Crippen molar-refractivity contribution in [1.82, 2.24) is 0 Å². The second-order valence-electron chi connectivity index (χ2n) is 9.68.